The van der Waals surface area contributed by atoms with Gasteiger partial charge in [-0.25, -0.2) is 0 Å². The van der Waals surface area contributed by atoms with E-state index in [0.717, 1.165) is 0 Å². The van der Waals surface area contributed by atoms with Crippen LogP contribution in [0.3, 0.4) is 0 Å². The molecule has 0 bridgehead atoms. The summed E-state index contributed by atoms with van der Waals surface area (Å²) in [6.45, 7) is 4.71. The van der Waals surface area contributed by atoms with Crippen molar-refractivity contribution >= 4 is 7.32 Å². The maximum absolute atomic E-state index is 8.93. The quantitative estimate of drug-likeness (QED) is 0.245. The maximum Gasteiger partial charge on any atom is -0.0809 e. The number of hydrogen-bond donors (Lipinski definition) is 6. The highest BCUT2D eigenvalue weighted by Gasteiger charge is 1.17. The Labute approximate surface area is 116 Å². The van der Waals surface area contributed by atoms with Crippen molar-refractivity contribution in [3.63, 3.8) is 0 Å². The first-order chi connectivity index (χ1) is 5.97. The van der Waals surface area contributed by atoms with Crippen molar-refractivity contribution in [2.24, 2.45) is 0 Å². The van der Waals surface area contributed by atoms with Gasteiger partial charge < -0.3 is 67.3 Å². The van der Waals surface area contributed by atoms with Gasteiger partial charge in [-0.3, -0.25) is 7.32 Å². The lowest BCUT2D eigenvalue weighted by molar-refractivity contribution is -0.479. The fourth-order valence-corrected chi connectivity index (χ4v) is 0. The molecule has 0 amide bonds. The van der Waals surface area contributed by atoms with Crippen molar-refractivity contribution < 1.29 is 30.4 Å². The summed E-state index contributed by atoms with van der Waals surface area (Å²) in [7, 11) is -2.92. The third-order valence-corrected chi connectivity index (χ3v) is 0. The third kappa shape index (κ3) is 24800. The highest BCUT2D eigenvalue weighted by Crippen LogP contribution is 1.19. The highest BCUT2D eigenvalue weighted by atomic mass is 16.5. The van der Waals surface area contributed by atoms with Crippen LogP contribution in [0.25, 0.3) is 0 Å². The molecule has 0 heterocycles. The minimum atomic E-state index is -2.92. The lowest BCUT2D eigenvalue weighted by Gasteiger charge is -2.35. The topological polar surface area (TPSA) is 357 Å². The summed E-state index contributed by atoms with van der Waals surface area (Å²) in [5.74, 6) is 0. The van der Waals surface area contributed by atoms with Gasteiger partial charge in [0.05, 0.1) is 0 Å². The van der Waals surface area contributed by atoms with Crippen LogP contribution in [0.15, 0.2) is 0 Å². The normalized spacial score (nSPS) is 4.26. The molecule has 0 aliphatic heterocycles. The van der Waals surface area contributed by atoms with E-state index in [2.05, 4.69) is 0 Å². The first kappa shape index (κ1) is 78.0. The van der Waals surface area contributed by atoms with Gasteiger partial charge in [0.1, 0.15) is 0 Å². The van der Waals surface area contributed by atoms with Crippen LogP contribution in [0.4, 0.5) is 0 Å². The Morgan fingerprint density at radius 3 is 0.526 bits per heavy atom. The average molecular weight is 302 g/mol. The van der Waals surface area contributed by atoms with Crippen LogP contribution in [-0.4, -0.2) is 27.1 Å². The number of quaternary nitrogens is 6. The van der Waals surface area contributed by atoms with Crippen molar-refractivity contribution in [3.05, 3.63) is 0 Å². The molecule has 12 nitrogen and oxygen atoms in total. The van der Waals surface area contributed by atoms with Crippen LogP contribution >= 0.6 is 0 Å². The summed E-state index contributed by atoms with van der Waals surface area (Å²) in [5.41, 5.74) is 0. The molecule has 0 saturated heterocycles. The van der Waals surface area contributed by atoms with E-state index in [4.69, 9.17) is 30.4 Å². The molecule has 0 radical (unpaired) electrons. The fourth-order valence-electron chi connectivity index (χ4n) is 0. The summed E-state index contributed by atoms with van der Waals surface area (Å²) < 4.78 is 0. The predicted molar refractivity (Wildman–Crippen MR) is 73.3 cm³/mol. The molecular weight excluding hydrogens is 263 g/mol. The van der Waals surface area contributed by atoms with Crippen molar-refractivity contribution in [2.45, 2.75) is 20.8 Å². The van der Waals surface area contributed by atoms with E-state index >= 15 is 0 Å². The van der Waals surface area contributed by atoms with Gasteiger partial charge in [0.25, 0.3) is 0 Å². The predicted octanol–water partition coefficient (Wildman–Crippen LogP) is -3.59. The van der Waals surface area contributed by atoms with Crippen LogP contribution in [0.1, 0.15) is 20.8 Å². The third-order valence-electron chi connectivity index (χ3n) is 0. The minimum absolute atomic E-state index is 0. The molecule has 0 aromatic carbocycles. The standard InChI is InChI=1S/3C2H5O.BO3.6H3N/c3*1-2-3;2-1(3)4;;;;;;/h3*2H2,1H3;;6*1H3/q3*-1;-3;;;;;;/p+6. The summed E-state index contributed by atoms with van der Waals surface area (Å²) in [6.07, 6.45) is 0. The Morgan fingerprint density at radius 2 is 0.526 bits per heavy atom. The first-order valence-corrected chi connectivity index (χ1v) is 3.69. The largest absolute Gasteiger partial charge is 0.907 e. The lowest BCUT2D eigenvalue weighted by atomic mass is 10.3. The molecule has 0 aromatic rings. The molecule has 0 saturated carbocycles. The van der Waals surface area contributed by atoms with Gasteiger partial charge >= 0.3 is 0 Å². The fraction of sp³-hybridized carbons (Fsp3) is 1.00. The van der Waals surface area contributed by atoms with Crippen LogP contribution < -0.4 is 67.3 Å². The molecule has 0 spiro atoms. The molecular formula is C6H39BN6O6. The molecule has 0 aromatic heterocycles. The maximum atomic E-state index is 8.93. The van der Waals surface area contributed by atoms with E-state index in [0.29, 0.717) is 0 Å². The van der Waals surface area contributed by atoms with Crippen molar-refractivity contribution in [1.29, 1.82) is 0 Å². The molecule has 0 rings (SSSR count). The van der Waals surface area contributed by atoms with Crippen molar-refractivity contribution in [3.8, 4) is 0 Å². The SMILES string of the molecule is CC[O-].CC[O-].CC[O-].[NH4+].[NH4+].[NH4+].[NH4+].[NH4+].[NH4+].[O-]B([O-])[O-]. The molecule has 0 fully saturated rings. The summed E-state index contributed by atoms with van der Waals surface area (Å²) in [6, 6.07) is 0. The second-order valence-corrected chi connectivity index (χ2v) is 1.15. The Morgan fingerprint density at radius 1 is 0.526 bits per heavy atom. The van der Waals surface area contributed by atoms with Crippen LogP contribution in [0.2, 0.25) is 0 Å². The zero-order valence-electron chi connectivity index (χ0n) is 14.1. The molecule has 0 aliphatic carbocycles. The van der Waals surface area contributed by atoms with Gasteiger partial charge in [0.15, 0.2) is 0 Å². The van der Waals surface area contributed by atoms with Crippen LogP contribution in [0.5, 0.6) is 0 Å². The second-order valence-electron chi connectivity index (χ2n) is 1.15. The zero-order valence-corrected chi connectivity index (χ0v) is 14.1. The zero-order chi connectivity index (χ0) is 11.7. The van der Waals surface area contributed by atoms with Crippen molar-refractivity contribution in [1.82, 2.24) is 36.9 Å². The van der Waals surface area contributed by atoms with E-state index in [1.165, 1.54) is 0 Å². The van der Waals surface area contributed by atoms with Gasteiger partial charge in [0.2, 0.25) is 0 Å². The van der Waals surface area contributed by atoms with Gasteiger partial charge in [0, 0.05) is 0 Å². The van der Waals surface area contributed by atoms with E-state index in [1.54, 1.807) is 20.8 Å². The minimum Gasteiger partial charge on any atom is -0.907 e. The smallest absolute Gasteiger partial charge is 0.0809 e. The monoisotopic (exact) mass is 302 g/mol. The Kier molecular flexibility index (Phi) is 636. The number of rotatable bonds is 0. The van der Waals surface area contributed by atoms with Gasteiger partial charge in [-0.2, -0.15) is 0 Å². The molecule has 24 N–H and O–H groups in total. The van der Waals surface area contributed by atoms with E-state index in [-0.39, 0.29) is 56.7 Å². The summed E-state index contributed by atoms with van der Waals surface area (Å²) >= 11 is 0. The highest BCUT2D eigenvalue weighted by molar-refractivity contribution is 6.24. The molecule has 0 aliphatic rings. The molecule has 0 atom stereocenters. The van der Waals surface area contributed by atoms with Gasteiger partial charge in [-0.15, -0.1) is 19.8 Å². The average Bonchev–Trinajstić information content (AvgIpc) is 1.88. The van der Waals surface area contributed by atoms with Gasteiger partial charge in [-0.05, 0) is 0 Å². The summed E-state index contributed by atoms with van der Waals surface area (Å²) in [5, 5.41) is 52.0. The van der Waals surface area contributed by atoms with E-state index in [1.807, 2.05) is 0 Å². The van der Waals surface area contributed by atoms with Gasteiger partial charge in [-0.1, -0.05) is 20.8 Å². The Bertz CT molecular complexity index is 55.7. The summed E-state index contributed by atoms with van der Waals surface area (Å²) in [4.78, 5) is 0. The molecule has 0 unspecified atom stereocenters. The Balaban J connectivity index is -0.00000000647. The van der Waals surface area contributed by atoms with E-state index in [9.17, 15) is 0 Å². The van der Waals surface area contributed by atoms with Crippen LogP contribution in [0, 0.1) is 0 Å². The lowest BCUT2D eigenvalue weighted by Crippen LogP contribution is -2.56. The first-order valence-electron chi connectivity index (χ1n) is 3.69. The second kappa shape index (κ2) is 155. The van der Waals surface area contributed by atoms with Crippen molar-refractivity contribution in [2.75, 3.05) is 19.8 Å². The molecule has 19 heavy (non-hydrogen) atoms. The van der Waals surface area contributed by atoms with E-state index < -0.39 is 7.32 Å². The number of hydrogen-bond acceptors (Lipinski definition) is 6. The molecule has 132 valence electrons. The molecule has 13 heteroatoms. The van der Waals surface area contributed by atoms with Crippen LogP contribution in [-0.2, 0) is 0 Å². The Hall–Kier alpha value is -0.415.